The summed E-state index contributed by atoms with van der Waals surface area (Å²) in [6.07, 6.45) is 1.59. The summed E-state index contributed by atoms with van der Waals surface area (Å²) in [5, 5.41) is 0. The Balaban J connectivity index is 2.34. The van der Waals surface area contributed by atoms with Crippen LogP contribution in [-0.2, 0) is 5.88 Å². The van der Waals surface area contributed by atoms with E-state index in [4.69, 9.17) is 16.0 Å². The van der Waals surface area contributed by atoms with Crippen molar-refractivity contribution in [1.29, 1.82) is 0 Å². The smallest absolute Gasteiger partial charge is 0.226 e. The zero-order chi connectivity index (χ0) is 9.97. The van der Waals surface area contributed by atoms with Gasteiger partial charge in [0.05, 0.1) is 11.6 Å². The van der Waals surface area contributed by atoms with Gasteiger partial charge in [-0.05, 0) is 0 Å². The lowest BCUT2D eigenvalue weighted by atomic mass is 9.95. The molecule has 0 bridgehead atoms. The van der Waals surface area contributed by atoms with Crippen molar-refractivity contribution in [2.24, 2.45) is 0 Å². The Morgan fingerprint density at radius 1 is 1.29 bits per heavy atom. The van der Waals surface area contributed by atoms with Crippen molar-refractivity contribution in [1.82, 2.24) is 4.98 Å². The van der Waals surface area contributed by atoms with Gasteiger partial charge >= 0.3 is 0 Å². The molecule has 1 aromatic heterocycles. The maximum absolute atomic E-state index is 5.63. The van der Waals surface area contributed by atoms with Crippen LogP contribution in [0.2, 0.25) is 0 Å². The summed E-state index contributed by atoms with van der Waals surface area (Å²) >= 11 is 5.63. The topological polar surface area (TPSA) is 26.0 Å². The van der Waals surface area contributed by atoms with Crippen molar-refractivity contribution < 1.29 is 4.42 Å². The summed E-state index contributed by atoms with van der Waals surface area (Å²) in [7, 11) is 2.05. The van der Waals surface area contributed by atoms with E-state index in [9.17, 15) is 0 Å². The minimum Gasteiger partial charge on any atom is -0.444 e. The molecular formula is C10H9BClNO. The molecule has 0 radical (unpaired) electrons. The largest absolute Gasteiger partial charge is 0.444 e. The van der Waals surface area contributed by atoms with E-state index in [2.05, 4.69) is 4.98 Å². The molecule has 4 heteroatoms. The number of rotatable bonds is 2. The Hall–Kier alpha value is -1.22. The van der Waals surface area contributed by atoms with E-state index in [1.165, 1.54) is 5.46 Å². The zero-order valence-electron chi connectivity index (χ0n) is 7.83. The number of hydrogen-bond acceptors (Lipinski definition) is 2. The molecule has 0 saturated carbocycles. The third-order valence-corrected chi connectivity index (χ3v) is 2.26. The Kier molecular flexibility index (Phi) is 2.59. The van der Waals surface area contributed by atoms with Crippen LogP contribution >= 0.6 is 11.6 Å². The van der Waals surface area contributed by atoms with Crippen LogP contribution in [0.5, 0.6) is 0 Å². The lowest BCUT2D eigenvalue weighted by Crippen LogP contribution is -1.99. The first-order chi connectivity index (χ1) is 6.79. The van der Waals surface area contributed by atoms with Crippen molar-refractivity contribution in [3.05, 3.63) is 36.2 Å². The molecule has 0 saturated heterocycles. The second-order valence-corrected chi connectivity index (χ2v) is 3.41. The number of halogens is 1. The average Bonchev–Trinajstić information content (AvgIpc) is 2.67. The second kappa shape index (κ2) is 3.88. The van der Waals surface area contributed by atoms with Gasteiger partial charge in [0.2, 0.25) is 5.89 Å². The van der Waals surface area contributed by atoms with Gasteiger partial charge in [-0.2, -0.15) is 0 Å². The zero-order valence-corrected chi connectivity index (χ0v) is 8.58. The Morgan fingerprint density at radius 3 is 2.57 bits per heavy atom. The monoisotopic (exact) mass is 205 g/mol. The van der Waals surface area contributed by atoms with E-state index >= 15 is 0 Å². The maximum Gasteiger partial charge on any atom is 0.226 e. The highest BCUT2D eigenvalue weighted by Crippen LogP contribution is 2.17. The highest BCUT2D eigenvalue weighted by atomic mass is 35.5. The number of aromatic nitrogens is 1. The molecule has 0 unspecified atom stereocenters. The number of hydrogen-bond donors (Lipinski definition) is 0. The van der Waals surface area contributed by atoms with Crippen molar-refractivity contribution >= 4 is 24.9 Å². The summed E-state index contributed by atoms with van der Waals surface area (Å²) in [6, 6.07) is 8.03. The van der Waals surface area contributed by atoms with Gasteiger partial charge < -0.3 is 4.42 Å². The molecule has 1 aromatic carbocycles. The summed E-state index contributed by atoms with van der Waals surface area (Å²) in [5.74, 6) is 1.01. The van der Waals surface area contributed by atoms with E-state index in [0.717, 1.165) is 11.3 Å². The minimum atomic E-state index is 0.384. The van der Waals surface area contributed by atoms with Crippen LogP contribution in [0.3, 0.4) is 0 Å². The molecule has 2 aromatic rings. The summed E-state index contributed by atoms with van der Waals surface area (Å²) in [6.45, 7) is 0. The van der Waals surface area contributed by atoms with Crippen LogP contribution < -0.4 is 5.46 Å². The first-order valence-electron chi connectivity index (χ1n) is 4.37. The first kappa shape index (κ1) is 9.34. The summed E-state index contributed by atoms with van der Waals surface area (Å²) in [5.41, 5.74) is 2.96. The Labute approximate surface area is 88.3 Å². The predicted molar refractivity (Wildman–Crippen MR) is 59.7 cm³/mol. The standard InChI is InChI=1S/C10H9BClNO/c11-8-3-1-7(2-4-8)10-13-9(5-12)6-14-10/h1-4,6H,5,11H2. The average molecular weight is 205 g/mol. The van der Waals surface area contributed by atoms with Crippen LogP contribution in [0, 0.1) is 0 Å². The first-order valence-corrected chi connectivity index (χ1v) is 4.90. The fourth-order valence-corrected chi connectivity index (χ4v) is 1.32. The number of oxazole rings is 1. The van der Waals surface area contributed by atoms with Crippen LogP contribution in [0.15, 0.2) is 34.9 Å². The molecule has 2 rings (SSSR count). The van der Waals surface area contributed by atoms with Crippen molar-refractivity contribution in [3.63, 3.8) is 0 Å². The molecule has 0 atom stereocenters. The number of nitrogens with zero attached hydrogens (tertiary/aromatic N) is 1. The van der Waals surface area contributed by atoms with Gasteiger partial charge in [0.15, 0.2) is 0 Å². The van der Waals surface area contributed by atoms with E-state index in [0.29, 0.717) is 11.8 Å². The molecular weight excluding hydrogens is 196 g/mol. The minimum absolute atomic E-state index is 0.384. The fraction of sp³-hybridized carbons (Fsp3) is 0.100. The van der Waals surface area contributed by atoms with Gasteiger partial charge in [-0.15, -0.1) is 11.6 Å². The normalized spacial score (nSPS) is 10.4. The van der Waals surface area contributed by atoms with Gasteiger partial charge in [0.25, 0.3) is 0 Å². The highest BCUT2D eigenvalue weighted by molar-refractivity contribution is 6.32. The molecule has 1 heterocycles. The van der Waals surface area contributed by atoms with Crippen molar-refractivity contribution in [2.45, 2.75) is 5.88 Å². The third-order valence-electron chi connectivity index (χ3n) is 1.99. The molecule has 0 fully saturated rings. The van der Waals surface area contributed by atoms with E-state index in [1.54, 1.807) is 6.26 Å². The Bertz CT molecular complexity index is 424. The number of alkyl halides is 1. The SMILES string of the molecule is Bc1ccc(-c2nc(CCl)co2)cc1. The number of benzene rings is 1. The fourth-order valence-electron chi connectivity index (χ4n) is 1.20. The maximum atomic E-state index is 5.63. The van der Waals surface area contributed by atoms with Crippen molar-refractivity contribution in [3.8, 4) is 11.5 Å². The summed E-state index contributed by atoms with van der Waals surface area (Å²) < 4.78 is 5.29. The molecule has 0 spiro atoms. The third kappa shape index (κ3) is 1.83. The van der Waals surface area contributed by atoms with E-state index in [1.807, 2.05) is 32.1 Å². The molecule has 0 aliphatic heterocycles. The van der Waals surface area contributed by atoms with Crippen LogP contribution in [0.1, 0.15) is 5.69 Å². The van der Waals surface area contributed by atoms with E-state index in [-0.39, 0.29) is 0 Å². The quantitative estimate of drug-likeness (QED) is 0.546. The van der Waals surface area contributed by atoms with Gasteiger partial charge in [0, 0.05) is 5.56 Å². The summed E-state index contributed by atoms with van der Waals surface area (Å²) in [4.78, 5) is 4.23. The van der Waals surface area contributed by atoms with Gasteiger partial charge in [-0.3, -0.25) is 0 Å². The van der Waals surface area contributed by atoms with Crippen molar-refractivity contribution in [2.75, 3.05) is 0 Å². The van der Waals surface area contributed by atoms with Gasteiger partial charge in [-0.1, -0.05) is 29.7 Å². The Morgan fingerprint density at radius 2 is 2.00 bits per heavy atom. The van der Waals surface area contributed by atoms with Gasteiger partial charge in [0.1, 0.15) is 14.1 Å². The van der Waals surface area contributed by atoms with Crippen LogP contribution in [0.25, 0.3) is 11.5 Å². The van der Waals surface area contributed by atoms with Gasteiger partial charge in [-0.25, -0.2) is 4.98 Å². The highest BCUT2D eigenvalue weighted by Gasteiger charge is 2.04. The molecule has 70 valence electrons. The molecule has 0 aliphatic rings. The second-order valence-electron chi connectivity index (χ2n) is 3.14. The molecule has 14 heavy (non-hydrogen) atoms. The molecule has 0 aliphatic carbocycles. The lowest BCUT2D eigenvalue weighted by Gasteiger charge is -1.95. The van der Waals surface area contributed by atoms with Crippen LogP contribution in [-0.4, -0.2) is 12.8 Å². The molecule has 0 N–H and O–H groups in total. The molecule has 0 amide bonds. The molecule has 2 nitrogen and oxygen atoms in total. The predicted octanol–water partition coefficient (Wildman–Crippen LogP) is 1.34. The van der Waals surface area contributed by atoms with E-state index < -0.39 is 0 Å². The van der Waals surface area contributed by atoms with Crippen LogP contribution in [0.4, 0.5) is 0 Å². The lowest BCUT2D eigenvalue weighted by molar-refractivity contribution is 0.573.